The fourth-order valence-corrected chi connectivity index (χ4v) is 3.65. The number of halogens is 3. The maximum absolute atomic E-state index is 13.6. The van der Waals surface area contributed by atoms with Gasteiger partial charge in [-0.1, -0.05) is 26.0 Å². The van der Waals surface area contributed by atoms with E-state index in [0.29, 0.717) is 5.75 Å². The molecule has 0 saturated heterocycles. The van der Waals surface area contributed by atoms with E-state index in [9.17, 15) is 22.8 Å². The number of methoxy groups -OCH3 is 2. The van der Waals surface area contributed by atoms with Crippen LogP contribution >= 0.6 is 0 Å². The lowest BCUT2D eigenvalue weighted by molar-refractivity contribution is -0.140. The maximum Gasteiger partial charge on any atom is 0.416 e. The average Bonchev–Trinajstić information content (AvgIpc) is 2.82. The maximum atomic E-state index is 13.6. The van der Waals surface area contributed by atoms with Crippen LogP contribution in [0.2, 0.25) is 0 Å². The van der Waals surface area contributed by atoms with E-state index in [1.165, 1.54) is 6.07 Å². The molecule has 35 heavy (non-hydrogen) atoms. The van der Waals surface area contributed by atoms with Crippen LogP contribution in [-0.2, 0) is 30.0 Å². The zero-order valence-corrected chi connectivity index (χ0v) is 20.0. The highest BCUT2D eigenvalue weighted by Crippen LogP contribution is 2.42. The van der Waals surface area contributed by atoms with Crippen LogP contribution in [0.5, 0.6) is 11.5 Å². The molecule has 1 aliphatic heterocycles. The van der Waals surface area contributed by atoms with Crippen LogP contribution in [0.3, 0.4) is 0 Å². The number of anilines is 1. The SMILES string of the molecule is COC(=O)C1=C(C(=O)OC)N(c2cc(C(F)(F)F)ccc2Oc2cc(C)ccc2C(C)C)COC1. The van der Waals surface area contributed by atoms with Crippen LogP contribution in [0.25, 0.3) is 0 Å². The van der Waals surface area contributed by atoms with E-state index in [1.807, 2.05) is 32.9 Å². The Bertz CT molecular complexity index is 1160. The Hall–Kier alpha value is -3.53. The van der Waals surface area contributed by atoms with Crippen molar-refractivity contribution < 1.29 is 41.7 Å². The van der Waals surface area contributed by atoms with Crippen molar-refractivity contribution in [1.29, 1.82) is 0 Å². The van der Waals surface area contributed by atoms with Gasteiger partial charge in [0.15, 0.2) is 5.75 Å². The Labute approximate surface area is 201 Å². The van der Waals surface area contributed by atoms with Gasteiger partial charge in [0, 0.05) is 0 Å². The molecule has 10 heteroatoms. The molecule has 2 aromatic carbocycles. The van der Waals surface area contributed by atoms with E-state index < -0.39 is 23.7 Å². The molecule has 2 aromatic rings. The standard InChI is InChI=1S/C25H26F3NO6/c1-14(2)17-8-6-15(3)10-21(17)35-20-9-7-16(25(26,27)28)11-19(20)29-13-34-12-18(23(30)32-4)22(29)24(31)33-5/h6-11,14H,12-13H2,1-5H3. The monoisotopic (exact) mass is 493 g/mol. The highest BCUT2D eigenvalue weighted by Gasteiger charge is 2.37. The summed E-state index contributed by atoms with van der Waals surface area (Å²) in [5.41, 5.74) is 0.160. The van der Waals surface area contributed by atoms with E-state index in [2.05, 4.69) is 0 Å². The second-order valence-corrected chi connectivity index (χ2v) is 8.19. The number of carbonyl (C=O) groups excluding carboxylic acids is 2. The smallest absolute Gasteiger partial charge is 0.416 e. The fraction of sp³-hybridized carbons (Fsp3) is 0.360. The van der Waals surface area contributed by atoms with Crippen LogP contribution in [0.4, 0.5) is 18.9 Å². The van der Waals surface area contributed by atoms with E-state index in [0.717, 1.165) is 42.4 Å². The summed E-state index contributed by atoms with van der Waals surface area (Å²) in [4.78, 5) is 26.1. The molecule has 0 saturated carbocycles. The number of hydrogen-bond donors (Lipinski definition) is 0. The summed E-state index contributed by atoms with van der Waals surface area (Å²) in [6, 6.07) is 8.48. The van der Waals surface area contributed by atoms with Gasteiger partial charge in [-0.25, -0.2) is 9.59 Å². The summed E-state index contributed by atoms with van der Waals surface area (Å²) in [5, 5.41) is 0. The quantitative estimate of drug-likeness (QED) is 0.504. The molecule has 0 unspecified atom stereocenters. The number of hydrogen-bond acceptors (Lipinski definition) is 7. The van der Waals surface area contributed by atoms with Crippen molar-refractivity contribution in [2.24, 2.45) is 0 Å². The topological polar surface area (TPSA) is 74.3 Å². The average molecular weight is 493 g/mol. The molecule has 0 aliphatic carbocycles. The van der Waals surface area contributed by atoms with Crippen LogP contribution < -0.4 is 9.64 Å². The van der Waals surface area contributed by atoms with Gasteiger partial charge in [-0.2, -0.15) is 13.2 Å². The van der Waals surface area contributed by atoms with Gasteiger partial charge in [0.05, 0.1) is 37.7 Å². The molecule has 0 radical (unpaired) electrons. The minimum Gasteiger partial charge on any atom is -0.466 e. The molecule has 0 bridgehead atoms. The van der Waals surface area contributed by atoms with Crippen LogP contribution in [0.1, 0.15) is 36.5 Å². The van der Waals surface area contributed by atoms with Crippen molar-refractivity contribution in [3.63, 3.8) is 0 Å². The second-order valence-electron chi connectivity index (χ2n) is 8.19. The number of benzene rings is 2. The number of carbonyl (C=O) groups is 2. The number of aryl methyl sites for hydroxylation is 1. The Morgan fingerprint density at radius 2 is 1.69 bits per heavy atom. The Morgan fingerprint density at radius 3 is 2.29 bits per heavy atom. The first-order valence-corrected chi connectivity index (χ1v) is 10.7. The Kier molecular flexibility index (Phi) is 7.74. The molecule has 0 aromatic heterocycles. The van der Waals surface area contributed by atoms with E-state index >= 15 is 0 Å². The van der Waals surface area contributed by atoms with Gasteiger partial charge in [0.2, 0.25) is 0 Å². The molecule has 188 valence electrons. The Balaban J connectivity index is 2.24. The van der Waals surface area contributed by atoms with Crippen LogP contribution in [0, 0.1) is 6.92 Å². The normalized spacial score (nSPS) is 14.3. The van der Waals surface area contributed by atoms with Crippen molar-refractivity contribution in [3.05, 3.63) is 64.4 Å². The summed E-state index contributed by atoms with van der Waals surface area (Å²) in [6.45, 7) is 5.18. The van der Waals surface area contributed by atoms with Gasteiger partial charge >= 0.3 is 18.1 Å². The molecule has 1 aliphatic rings. The lowest BCUT2D eigenvalue weighted by Crippen LogP contribution is -2.39. The first-order chi connectivity index (χ1) is 16.5. The van der Waals surface area contributed by atoms with Crippen molar-refractivity contribution in [2.75, 3.05) is 32.5 Å². The molecule has 0 amide bonds. The third-order valence-corrected chi connectivity index (χ3v) is 5.42. The summed E-state index contributed by atoms with van der Waals surface area (Å²) in [5.74, 6) is -1.25. The number of rotatable bonds is 6. The molecule has 0 fully saturated rings. The molecule has 0 N–H and O–H groups in total. The number of nitrogens with zero attached hydrogens (tertiary/aromatic N) is 1. The molecule has 3 rings (SSSR count). The predicted molar refractivity (Wildman–Crippen MR) is 121 cm³/mol. The molecule has 7 nitrogen and oxygen atoms in total. The summed E-state index contributed by atoms with van der Waals surface area (Å²) < 4.78 is 62.0. The first kappa shape index (κ1) is 26.1. The second kappa shape index (κ2) is 10.4. The molecular formula is C25H26F3NO6. The van der Waals surface area contributed by atoms with Gasteiger partial charge in [0.25, 0.3) is 0 Å². The van der Waals surface area contributed by atoms with Gasteiger partial charge in [0.1, 0.15) is 18.2 Å². The van der Waals surface area contributed by atoms with Crippen molar-refractivity contribution >= 4 is 17.6 Å². The van der Waals surface area contributed by atoms with E-state index in [1.54, 1.807) is 6.07 Å². The third-order valence-electron chi connectivity index (χ3n) is 5.42. The summed E-state index contributed by atoms with van der Waals surface area (Å²) in [7, 11) is 2.22. The van der Waals surface area contributed by atoms with Gasteiger partial charge < -0.3 is 23.8 Å². The highest BCUT2D eigenvalue weighted by atomic mass is 19.4. The minimum absolute atomic E-state index is 0.0293. The van der Waals surface area contributed by atoms with Crippen LogP contribution in [0.15, 0.2) is 47.7 Å². The largest absolute Gasteiger partial charge is 0.466 e. The van der Waals surface area contributed by atoms with Gasteiger partial charge in [-0.15, -0.1) is 0 Å². The third kappa shape index (κ3) is 5.59. The van der Waals surface area contributed by atoms with E-state index in [-0.39, 0.29) is 42.0 Å². The lowest BCUT2D eigenvalue weighted by Gasteiger charge is -2.32. The number of esters is 2. The highest BCUT2D eigenvalue weighted by molar-refractivity contribution is 6.03. The number of alkyl halides is 3. The molecule has 0 spiro atoms. The summed E-state index contributed by atoms with van der Waals surface area (Å²) >= 11 is 0. The van der Waals surface area contributed by atoms with Gasteiger partial charge in [-0.3, -0.25) is 0 Å². The zero-order valence-electron chi connectivity index (χ0n) is 20.0. The van der Waals surface area contributed by atoms with E-state index in [4.69, 9.17) is 18.9 Å². The molecular weight excluding hydrogens is 467 g/mol. The molecule has 0 atom stereocenters. The number of ether oxygens (including phenoxy) is 4. The zero-order chi connectivity index (χ0) is 25.9. The lowest BCUT2D eigenvalue weighted by atomic mass is 10.0. The summed E-state index contributed by atoms with van der Waals surface area (Å²) in [6.07, 6.45) is -4.67. The fourth-order valence-electron chi connectivity index (χ4n) is 3.65. The van der Waals surface area contributed by atoms with Crippen molar-refractivity contribution in [2.45, 2.75) is 32.9 Å². The van der Waals surface area contributed by atoms with Crippen molar-refractivity contribution in [3.8, 4) is 11.5 Å². The van der Waals surface area contributed by atoms with Crippen molar-refractivity contribution in [1.82, 2.24) is 0 Å². The minimum atomic E-state index is -4.67. The van der Waals surface area contributed by atoms with Gasteiger partial charge in [-0.05, 0) is 48.2 Å². The predicted octanol–water partition coefficient (Wildman–Crippen LogP) is 5.32. The first-order valence-electron chi connectivity index (χ1n) is 10.7. The Morgan fingerprint density at radius 1 is 1.00 bits per heavy atom. The van der Waals surface area contributed by atoms with Crippen LogP contribution in [-0.4, -0.2) is 39.5 Å². The molecule has 1 heterocycles.